The summed E-state index contributed by atoms with van der Waals surface area (Å²) in [6, 6.07) is 12.7. The Hall–Kier alpha value is -2.09. The predicted molar refractivity (Wildman–Crippen MR) is 117 cm³/mol. The topological polar surface area (TPSA) is 75.7 Å². The molecule has 1 heterocycles. The highest BCUT2D eigenvalue weighted by molar-refractivity contribution is 7.89. The summed E-state index contributed by atoms with van der Waals surface area (Å²) >= 11 is 6.11. The highest BCUT2D eigenvalue weighted by Gasteiger charge is 2.31. The van der Waals surface area contributed by atoms with Crippen LogP contribution >= 0.6 is 11.6 Å². The van der Waals surface area contributed by atoms with Crippen LogP contribution in [0.15, 0.2) is 53.4 Å². The maximum absolute atomic E-state index is 13.2. The summed E-state index contributed by atoms with van der Waals surface area (Å²) in [5, 5.41) is 0.191. The van der Waals surface area contributed by atoms with Crippen molar-refractivity contribution in [2.45, 2.75) is 37.1 Å². The first-order valence-corrected chi connectivity index (χ1v) is 11.8. The molecule has 1 saturated heterocycles. The first-order chi connectivity index (χ1) is 14.3. The van der Waals surface area contributed by atoms with E-state index in [2.05, 4.69) is 11.6 Å². The number of benzene rings is 2. The Balaban J connectivity index is 1.85. The van der Waals surface area contributed by atoms with Crippen molar-refractivity contribution in [3.05, 3.63) is 59.1 Å². The summed E-state index contributed by atoms with van der Waals surface area (Å²) < 4.78 is 33.8. The molecular weight excluding hydrogens is 424 g/mol. The number of piperidine rings is 1. The van der Waals surface area contributed by atoms with Crippen molar-refractivity contribution in [1.29, 1.82) is 0 Å². The van der Waals surface area contributed by atoms with E-state index in [1.54, 1.807) is 4.90 Å². The van der Waals surface area contributed by atoms with Crippen LogP contribution in [0.1, 0.15) is 25.3 Å². The summed E-state index contributed by atoms with van der Waals surface area (Å²) in [4.78, 5) is 15.0. The Kier molecular flexibility index (Phi) is 7.39. The molecule has 1 atom stereocenters. The number of ether oxygens (including phenoxy) is 1. The first-order valence-electron chi connectivity index (χ1n) is 9.98. The maximum Gasteiger partial charge on any atom is 0.241 e. The molecule has 0 saturated carbocycles. The number of methoxy groups -OCH3 is 1. The van der Waals surface area contributed by atoms with Crippen LogP contribution in [0.5, 0.6) is 5.75 Å². The van der Waals surface area contributed by atoms with Gasteiger partial charge in [-0.15, -0.1) is 0 Å². The molecule has 2 aromatic rings. The van der Waals surface area contributed by atoms with Gasteiger partial charge >= 0.3 is 0 Å². The third-order valence-corrected chi connectivity index (χ3v) is 7.17. The van der Waals surface area contributed by atoms with Crippen molar-refractivity contribution in [1.82, 2.24) is 9.62 Å². The Bertz CT molecular complexity index is 974. The van der Waals surface area contributed by atoms with E-state index in [1.807, 2.05) is 30.3 Å². The SMILES string of the molecule is COc1ccc(S(=O)(=O)N[C@@H](Cc2ccccc2)C(=O)N2CCC(C)CC2)cc1Cl. The van der Waals surface area contributed by atoms with E-state index >= 15 is 0 Å². The highest BCUT2D eigenvalue weighted by atomic mass is 35.5. The molecule has 0 aromatic heterocycles. The molecule has 3 rings (SSSR count). The minimum absolute atomic E-state index is 0.00794. The van der Waals surface area contributed by atoms with E-state index in [0.717, 1.165) is 18.4 Å². The number of amides is 1. The molecule has 30 heavy (non-hydrogen) atoms. The molecular formula is C22H27ClN2O4S. The average Bonchev–Trinajstić information content (AvgIpc) is 2.74. The third kappa shape index (κ3) is 5.53. The number of likely N-dealkylation sites (tertiary alicyclic amines) is 1. The van der Waals surface area contributed by atoms with Gasteiger partial charge < -0.3 is 9.64 Å². The van der Waals surface area contributed by atoms with Gasteiger partial charge in [0.2, 0.25) is 15.9 Å². The number of sulfonamides is 1. The first kappa shape index (κ1) is 22.6. The molecule has 0 bridgehead atoms. The Morgan fingerprint density at radius 2 is 1.87 bits per heavy atom. The second-order valence-corrected chi connectivity index (χ2v) is 9.79. The van der Waals surface area contributed by atoms with Crippen LogP contribution < -0.4 is 9.46 Å². The molecule has 2 aromatic carbocycles. The average molecular weight is 451 g/mol. The van der Waals surface area contributed by atoms with Crippen molar-refractivity contribution < 1.29 is 17.9 Å². The fourth-order valence-electron chi connectivity index (χ4n) is 3.55. The van der Waals surface area contributed by atoms with Gasteiger partial charge in [0.05, 0.1) is 17.0 Å². The molecule has 1 N–H and O–H groups in total. The smallest absolute Gasteiger partial charge is 0.241 e. The van der Waals surface area contributed by atoms with Crippen LogP contribution in [-0.2, 0) is 21.2 Å². The summed E-state index contributed by atoms with van der Waals surface area (Å²) in [5.41, 5.74) is 0.886. The van der Waals surface area contributed by atoms with Gasteiger partial charge in [-0.05, 0) is 48.9 Å². The minimum Gasteiger partial charge on any atom is -0.495 e. The fraction of sp³-hybridized carbons (Fsp3) is 0.409. The standard InChI is InChI=1S/C22H27ClN2O4S/c1-16-10-12-25(13-11-16)22(26)20(14-17-6-4-3-5-7-17)24-30(27,28)18-8-9-21(29-2)19(23)15-18/h3-9,15-16,20,24H,10-14H2,1-2H3/t20-/m0/s1. The molecule has 0 spiro atoms. The van der Waals surface area contributed by atoms with E-state index in [0.29, 0.717) is 24.8 Å². The Morgan fingerprint density at radius 1 is 1.20 bits per heavy atom. The van der Waals surface area contributed by atoms with Gasteiger partial charge in [0, 0.05) is 13.1 Å². The molecule has 1 aliphatic heterocycles. The molecule has 8 heteroatoms. The van der Waals surface area contributed by atoms with Crippen molar-refractivity contribution in [2.24, 2.45) is 5.92 Å². The van der Waals surface area contributed by atoms with Gasteiger partial charge in [0.25, 0.3) is 0 Å². The maximum atomic E-state index is 13.2. The molecule has 0 unspecified atom stereocenters. The van der Waals surface area contributed by atoms with Crippen LogP contribution in [0, 0.1) is 5.92 Å². The van der Waals surface area contributed by atoms with Gasteiger partial charge in [-0.3, -0.25) is 4.79 Å². The zero-order chi connectivity index (χ0) is 21.7. The van der Waals surface area contributed by atoms with E-state index in [9.17, 15) is 13.2 Å². The lowest BCUT2D eigenvalue weighted by atomic mass is 9.98. The van der Waals surface area contributed by atoms with Crippen LogP contribution in [-0.4, -0.2) is 45.5 Å². The zero-order valence-corrected chi connectivity index (χ0v) is 18.7. The predicted octanol–water partition coefficient (Wildman–Crippen LogP) is 3.50. The van der Waals surface area contributed by atoms with Gasteiger partial charge in [0.15, 0.2) is 0 Å². The van der Waals surface area contributed by atoms with Crippen molar-refractivity contribution in [3.63, 3.8) is 0 Å². The number of carbonyl (C=O) groups is 1. The van der Waals surface area contributed by atoms with Crippen molar-refractivity contribution in [2.75, 3.05) is 20.2 Å². The van der Waals surface area contributed by atoms with Crippen molar-refractivity contribution >= 4 is 27.5 Å². The molecule has 0 radical (unpaired) electrons. The lowest BCUT2D eigenvalue weighted by molar-refractivity contribution is -0.134. The monoisotopic (exact) mass is 450 g/mol. The largest absolute Gasteiger partial charge is 0.495 e. The minimum atomic E-state index is -3.96. The van der Waals surface area contributed by atoms with Crippen LogP contribution in [0.4, 0.5) is 0 Å². The lowest BCUT2D eigenvalue weighted by Gasteiger charge is -2.33. The van der Waals surface area contributed by atoms with Crippen molar-refractivity contribution in [3.8, 4) is 5.75 Å². The molecule has 1 fully saturated rings. The Labute approximate surface area is 183 Å². The number of hydrogen-bond donors (Lipinski definition) is 1. The number of carbonyl (C=O) groups excluding carboxylic acids is 1. The third-order valence-electron chi connectivity index (χ3n) is 5.41. The van der Waals surface area contributed by atoms with Crippen LogP contribution in [0.25, 0.3) is 0 Å². The number of halogens is 1. The van der Waals surface area contributed by atoms with E-state index in [-0.39, 0.29) is 22.2 Å². The van der Waals surface area contributed by atoms with Crippen LogP contribution in [0.3, 0.4) is 0 Å². The van der Waals surface area contributed by atoms with Gasteiger partial charge in [-0.1, -0.05) is 48.9 Å². The molecule has 162 valence electrons. The summed E-state index contributed by atoms with van der Waals surface area (Å²) in [5.74, 6) is 0.753. The fourth-order valence-corrected chi connectivity index (χ4v) is 5.09. The summed E-state index contributed by atoms with van der Waals surface area (Å²) in [7, 11) is -2.50. The van der Waals surface area contributed by atoms with Gasteiger partial charge in [0.1, 0.15) is 11.8 Å². The van der Waals surface area contributed by atoms with E-state index in [1.165, 1.54) is 25.3 Å². The number of nitrogens with zero attached hydrogens (tertiary/aromatic N) is 1. The Morgan fingerprint density at radius 3 is 2.47 bits per heavy atom. The highest BCUT2D eigenvalue weighted by Crippen LogP contribution is 2.27. The summed E-state index contributed by atoms with van der Waals surface area (Å²) in [6.07, 6.45) is 2.12. The van der Waals surface area contributed by atoms with Crippen LogP contribution in [0.2, 0.25) is 5.02 Å². The van der Waals surface area contributed by atoms with Gasteiger partial charge in [-0.25, -0.2) is 8.42 Å². The zero-order valence-electron chi connectivity index (χ0n) is 17.2. The quantitative estimate of drug-likeness (QED) is 0.700. The van der Waals surface area contributed by atoms with Gasteiger partial charge in [-0.2, -0.15) is 4.72 Å². The van der Waals surface area contributed by atoms with E-state index < -0.39 is 16.1 Å². The summed E-state index contributed by atoms with van der Waals surface area (Å²) in [6.45, 7) is 3.45. The second kappa shape index (κ2) is 9.81. The number of nitrogens with one attached hydrogen (secondary N) is 1. The second-order valence-electron chi connectivity index (χ2n) is 7.67. The van der Waals surface area contributed by atoms with E-state index in [4.69, 9.17) is 16.3 Å². The normalized spacial score (nSPS) is 16.3. The molecule has 6 nitrogen and oxygen atoms in total. The number of rotatable bonds is 7. The molecule has 1 amide bonds. The lowest BCUT2D eigenvalue weighted by Crippen LogP contribution is -2.51. The molecule has 0 aliphatic carbocycles. The number of hydrogen-bond acceptors (Lipinski definition) is 4. The molecule has 1 aliphatic rings.